The van der Waals surface area contributed by atoms with Crippen LogP contribution in [0.4, 0.5) is 0 Å². The number of nitrogens with zero attached hydrogens (tertiary/aromatic N) is 3. The molecule has 1 fully saturated rings. The van der Waals surface area contributed by atoms with E-state index >= 15 is 0 Å². The second kappa shape index (κ2) is 5.32. The van der Waals surface area contributed by atoms with E-state index < -0.39 is 12.2 Å². The molecule has 2 aromatic rings. The summed E-state index contributed by atoms with van der Waals surface area (Å²) in [4.78, 5) is 6.26. The number of aryl methyl sites for hydroxylation is 1. The number of aromatic nitrogens is 2. The van der Waals surface area contributed by atoms with Gasteiger partial charge in [-0.2, -0.15) is 4.98 Å². The highest BCUT2D eigenvalue weighted by Crippen LogP contribution is 2.19. The number of benzene rings is 1. The fourth-order valence-corrected chi connectivity index (χ4v) is 2.39. The van der Waals surface area contributed by atoms with E-state index in [0.29, 0.717) is 31.3 Å². The van der Waals surface area contributed by atoms with Crippen molar-refractivity contribution in [3.63, 3.8) is 0 Å². The molecule has 20 heavy (non-hydrogen) atoms. The lowest BCUT2D eigenvalue weighted by Gasteiger charge is -2.10. The summed E-state index contributed by atoms with van der Waals surface area (Å²) in [5, 5.41) is 23.0. The highest BCUT2D eigenvalue weighted by Gasteiger charge is 2.30. The van der Waals surface area contributed by atoms with Crippen LogP contribution < -0.4 is 0 Å². The molecule has 0 radical (unpaired) electrons. The Hall–Kier alpha value is -1.76. The molecule has 1 aromatic heterocycles. The van der Waals surface area contributed by atoms with Crippen molar-refractivity contribution in [3.8, 4) is 11.5 Å². The molecule has 1 aliphatic rings. The van der Waals surface area contributed by atoms with Gasteiger partial charge < -0.3 is 14.7 Å². The van der Waals surface area contributed by atoms with Gasteiger partial charge in [0.2, 0.25) is 0 Å². The number of aliphatic hydroxyl groups is 2. The smallest absolute Gasteiger partial charge is 0.257 e. The number of likely N-dealkylation sites (tertiary alicyclic amines) is 1. The van der Waals surface area contributed by atoms with Gasteiger partial charge in [-0.1, -0.05) is 22.9 Å². The van der Waals surface area contributed by atoms with Gasteiger partial charge >= 0.3 is 0 Å². The second-order valence-electron chi connectivity index (χ2n) is 5.21. The van der Waals surface area contributed by atoms with Gasteiger partial charge in [-0.25, -0.2) is 0 Å². The van der Waals surface area contributed by atoms with Gasteiger partial charge in [-0.05, 0) is 19.1 Å². The average molecular weight is 275 g/mol. The Labute approximate surface area is 116 Å². The van der Waals surface area contributed by atoms with Crippen molar-refractivity contribution in [2.24, 2.45) is 0 Å². The molecular weight excluding hydrogens is 258 g/mol. The van der Waals surface area contributed by atoms with Crippen LogP contribution in [0.25, 0.3) is 11.5 Å². The van der Waals surface area contributed by atoms with E-state index in [0.717, 1.165) is 11.1 Å². The van der Waals surface area contributed by atoms with Gasteiger partial charge in [-0.3, -0.25) is 4.90 Å². The molecule has 0 amide bonds. The first kappa shape index (κ1) is 13.2. The molecule has 2 N–H and O–H groups in total. The van der Waals surface area contributed by atoms with Crippen LogP contribution in [0.5, 0.6) is 0 Å². The van der Waals surface area contributed by atoms with E-state index in [1.165, 1.54) is 0 Å². The molecule has 1 aromatic carbocycles. The molecule has 1 saturated heterocycles. The van der Waals surface area contributed by atoms with Gasteiger partial charge in [0, 0.05) is 18.7 Å². The summed E-state index contributed by atoms with van der Waals surface area (Å²) >= 11 is 0. The minimum Gasteiger partial charge on any atom is -0.389 e. The number of rotatable bonds is 3. The molecule has 6 nitrogen and oxygen atoms in total. The Morgan fingerprint density at radius 1 is 1.30 bits per heavy atom. The normalized spacial score (nSPS) is 23.4. The number of aliphatic hydroxyl groups excluding tert-OH is 2. The zero-order valence-corrected chi connectivity index (χ0v) is 11.2. The van der Waals surface area contributed by atoms with Crippen molar-refractivity contribution in [3.05, 3.63) is 35.7 Å². The molecule has 0 bridgehead atoms. The fraction of sp³-hybridized carbons (Fsp3) is 0.429. The Morgan fingerprint density at radius 2 is 2.05 bits per heavy atom. The largest absolute Gasteiger partial charge is 0.389 e. The van der Waals surface area contributed by atoms with E-state index in [1.807, 2.05) is 36.1 Å². The van der Waals surface area contributed by atoms with E-state index in [-0.39, 0.29) is 0 Å². The summed E-state index contributed by atoms with van der Waals surface area (Å²) in [7, 11) is 0. The van der Waals surface area contributed by atoms with Crippen LogP contribution in [0.15, 0.2) is 28.8 Å². The summed E-state index contributed by atoms with van der Waals surface area (Å²) in [5.74, 6) is 1.05. The third-order valence-corrected chi connectivity index (χ3v) is 3.43. The highest BCUT2D eigenvalue weighted by atomic mass is 16.5. The first-order valence-electron chi connectivity index (χ1n) is 6.60. The van der Waals surface area contributed by atoms with Crippen LogP contribution in [0.1, 0.15) is 11.4 Å². The molecule has 2 heterocycles. The van der Waals surface area contributed by atoms with Crippen molar-refractivity contribution in [2.75, 3.05) is 13.1 Å². The lowest BCUT2D eigenvalue weighted by Crippen LogP contribution is -2.22. The lowest BCUT2D eigenvalue weighted by atomic mass is 10.1. The Morgan fingerprint density at radius 3 is 2.75 bits per heavy atom. The molecule has 2 atom stereocenters. The highest BCUT2D eigenvalue weighted by molar-refractivity contribution is 5.53. The lowest BCUT2D eigenvalue weighted by molar-refractivity contribution is 0.0572. The zero-order chi connectivity index (χ0) is 14.1. The predicted molar refractivity (Wildman–Crippen MR) is 71.8 cm³/mol. The first-order chi connectivity index (χ1) is 9.61. The number of hydrogen-bond donors (Lipinski definition) is 2. The summed E-state index contributed by atoms with van der Waals surface area (Å²) in [6, 6.07) is 7.86. The van der Waals surface area contributed by atoms with Crippen molar-refractivity contribution < 1.29 is 14.7 Å². The van der Waals surface area contributed by atoms with Gasteiger partial charge in [0.15, 0.2) is 5.82 Å². The minimum atomic E-state index is -0.696. The molecule has 0 saturated carbocycles. The zero-order valence-electron chi connectivity index (χ0n) is 11.2. The monoisotopic (exact) mass is 275 g/mol. The van der Waals surface area contributed by atoms with E-state index in [4.69, 9.17) is 4.52 Å². The third kappa shape index (κ3) is 2.72. The van der Waals surface area contributed by atoms with Crippen molar-refractivity contribution >= 4 is 0 Å². The van der Waals surface area contributed by atoms with Crippen LogP contribution in [-0.4, -0.2) is 50.6 Å². The Kier molecular flexibility index (Phi) is 3.52. The van der Waals surface area contributed by atoms with Gasteiger partial charge in [0.1, 0.15) is 0 Å². The average Bonchev–Trinajstić information content (AvgIpc) is 2.98. The summed E-state index contributed by atoms with van der Waals surface area (Å²) in [6.45, 7) is 3.32. The standard InChI is InChI=1S/C14H17N3O3/c1-9-3-2-4-10(5-9)14-15-13(16-20-14)8-17-6-11(18)12(19)7-17/h2-5,11-12,18-19H,6-8H2,1H3. The van der Waals surface area contributed by atoms with E-state index in [9.17, 15) is 10.2 Å². The van der Waals surface area contributed by atoms with E-state index in [1.54, 1.807) is 0 Å². The van der Waals surface area contributed by atoms with Crippen LogP contribution >= 0.6 is 0 Å². The van der Waals surface area contributed by atoms with Crippen LogP contribution in [0.2, 0.25) is 0 Å². The van der Waals surface area contributed by atoms with Gasteiger partial charge in [0.25, 0.3) is 5.89 Å². The Balaban J connectivity index is 1.71. The Bertz CT molecular complexity index is 589. The molecular formula is C14H17N3O3. The minimum absolute atomic E-state index is 0.426. The maximum atomic E-state index is 9.50. The maximum absolute atomic E-state index is 9.50. The molecule has 0 spiro atoms. The molecule has 2 unspecified atom stereocenters. The van der Waals surface area contributed by atoms with Gasteiger partial charge in [-0.15, -0.1) is 0 Å². The second-order valence-corrected chi connectivity index (χ2v) is 5.21. The quantitative estimate of drug-likeness (QED) is 0.852. The van der Waals surface area contributed by atoms with Crippen LogP contribution in [-0.2, 0) is 6.54 Å². The summed E-state index contributed by atoms with van der Waals surface area (Å²) < 4.78 is 5.26. The predicted octanol–water partition coefficient (Wildman–Crippen LogP) is 0.582. The number of β-amino-alcohol motifs (C(OH)–C–C–N with tert-alkyl or cyclic N) is 2. The van der Waals surface area contributed by atoms with E-state index in [2.05, 4.69) is 10.1 Å². The molecule has 106 valence electrons. The van der Waals surface area contributed by atoms with Crippen molar-refractivity contribution in [2.45, 2.75) is 25.7 Å². The number of hydrogen-bond acceptors (Lipinski definition) is 6. The molecule has 3 rings (SSSR count). The summed E-state index contributed by atoms with van der Waals surface area (Å²) in [6.07, 6.45) is -1.39. The fourth-order valence-electron chi connectivity index (χ4n) is 2.39. The first-order valence-corrected chi connectivity index (χ1v) is 6.60. The van der Waals surface area contributed by atoms with Crippen LogP contribution in [0, 0.1) is 6.92 Å². The third-order valence-electron chi connectivity index (χ3n) is 3.43. The molecule has 1 aliphatic heterocycles. The van der Waals surface area contributed by atoms with Crippen molar-refractivity contribution in [1.29, 1.82) is 0 Å². The SMILES string of the molecule is Cc1cccc(-c2nc(CN3CC(O)C(O)C3)no2)c1. The topological polar surface area (TPSA) is 82.6 Å². The molecule has 6 heteroatoms. The molecule has 0 aliphatic carbocycles. The summed E-state index contributed by atoms with van der Waals surface area (Å²) in [5.41, 5.74) is 2.03. The van der Waals surface area contributed by atoms with Gasteiger partial charge in [0.05, 0.1) is 18.8 Å². The van der Waals surface area contributed by atoms with Crippen molar-refractivity contribution in [1.82, 2.24) is 15.0 Å². The van der Waals surface area contributed by atoms with Crippen LogP contribution in [0.3, 0.4) is 0 Å². The maximum Gasteiger partial charge on any atom is 0.257 e.